The lowest BCUT2D eigenvalue weighted by Gasteiger charge is -2.31. The lowest BCUT2D eigenvalue weighted by atomic mass is 9.87. The van der Waals surface area contributed by atoms with Crippen LogP contribution in [0.1, 0.15) is 31.9 Å². The van der Waals surface area contributed by atoms with Gasteiger partial charge in [0, 0.05) is 37.4 Å². The molecule has 1 fully saturated rings. The van der Waals surface area contributed by atoms with E-state index in [1.54, 1.807) is 0 Å². The highest BCUT2D eigenvalue weighted by atomic mass is 16.5. The number of piperazine rings is 1. The molecule has 0 atom stereocenters. The molecular formula is C21H28N2O. The van der Waals surface area contributed by atoms with Crippen LogP contribution < -0.4 is 15.0 Å². The van der Waals surface area contributed by atoms with E-state index < -0.39 is 0 Å². The van der Waals surface area contributed by atoms with E-state index in [-0.39, 0.29) is 5.41 Å². The molecule has 2 aromatic rings. The number of hydrogen-bond acceptors (Lipinski definition) is 3. The van der Waals surface area contributed by atoms with E-state index in [1.165, 1.54) is 16.8 Å². The Balaban J connectivity index is 1.73. The van der Waals surface area contributed by atoms with Crippen molar-refractivity contribution in [3.05, 3.63) is 59.7 Å². The first-order chi connectivity index (χ1) is 11.5. The van der Waals surface area contributed by atoms with Crippen molar-refractivity contribution >= 4 is 5.69 Å². The number of anilines is 1. The second-order valence-electron chi connectivity index (χ2n) is 7.43. The minimum atomic E-state index is 0.137. The van der Waals surface area contributed by atoms with Crippen LogP contribution in [0.15, 0.2) is 48.5 Å². The van der Waals surface area contributed by atoms with Gasteiger partial charge in [-0.15, -0.1) is 0 Å². The average Bonchev–Trinajstić information content (AvgIpc) is 2.60. The molecule has 0 aromatic heterocycles. The third-order valence-electron chi connectivity index (χ3n) is 4.54. The SMILES string of the molecule is CC(C)(C)c1cccc(OCc2ccccc2N2CCNCC2)c1. The van der Waals surface area contributed by atoms with Crippen molar-refractivity contribution in [1.82, 2.24) is 5.32 Å². The average molecular weight is 324 g/mol. The molecule has 24 heavy (non-hydrogen) atoms. The fourth-order valence-electron chi connectivity index (χ4n) is 3.06. The molecule has 3 heteroatoms. The number of para-hydroxylation sites is 1. The van der Waals surface area contributed by atoms with Crippen LogP contribution in [0.5, 0.6) is 5.75 Å². The summed E-state index contributed by atoms with van der Waals surface area (Å²) in [6.07, 6.45) is 0. The Morgan fingerprint density at radius 1 is 1.00 bits per heavy atom. The summed E-state index contributed by atoms with van der Waals surface area (Å²) in [7, 11) is 0. The monoisotopic (exact) mass is 324 g/mol. The Morgan fingerprint density at radius 3 is 2.50 bits per heavy atom. The molecule has 128 valence electrons. The molecular weight excluding hydrogens is 296 g/mol. The molecule has 2 aromatic carbocycles. The van der Waals surface area contributed by atoms with Gasteiger partial charge in [0.05, 0.1) is 0 Å². The van der Waals surface area contributed by atoms with Crippen molar-refractivity contribution < 1.29 is 4.74 Å². The van der Waals surface area contributed by atoms with E-state index in [0.717, 1.165) is 31.9 Å². The van der Waals surface area contributed by atoms with Gasteiger partial charge in [-0.3, -0.25) is 0 Å². The zero-order chi connectivity index (χ0) is 17.0. The Morgan fingerprint density at radius 2 is 1.75 bits per heavy atom. The summed E-state index contributed by atoms with van der Waals surface area (Å²) in [6, 6.07) is 17.0. The molecule has 0 spiro atoms. The summed E-state index contributed by atoms with van der Waals surface area (Å²) in [5, 5.41) is 3.41. The molecule has 1 saturated heterocycles. The Hall–Kier alpha value is -2.00. The van der Waals surface area contributed by atoms with Crippen LogP contribution in [0.3, 0.4) is 0 Å². The molecule has 1 aliphatic heterocycles. The van der Waals surface area contributed by atoms with E-state index in [0.29, 0.717) is 6.61 Å². The number of rotatable bonds is 4. The van der Waals surface area contributed by atoms with Gasteiger partial charge < -0.3 is 15.0 Å². The molecule has 0 unspecified atom stereocenters. The molecule has 0 aliphatic carbocycles. The lowest BCUT2D eigenvalue weighted by Crippen LogP contribution is -2.43. The molecule has 1 heterocycles. The molecule has 0 saturated carbocycles. The number of nitrogens with zero attached hydrogens (tertiary/aromatic N) is 1. The minimum Gasteiger partial charge on any atom is -0.489 e. The van der Waals surface area contributed by atoms with Gasteiger partial charge in [-0.25, -0.2) is 0 Å². The number of nitrogens with one attached hydrogen (secondary N) is 1. The molecule has 0 bridgehead atoms. The summed E-state index contributed by atoms with van der Waals surface area (Å²) in [4.78, 5) is 2.45. The highest BCUT2D eigenvalue weighted by molar-refractivity contribution is 5.54. The standard InChI is InChI=1S/C21H28N2O/c1-21(2,3)18-8-6-9-19(15-18)24-16-17-7-4-5-10-20(17)23-13-11-22-12-14-23/h4-10,15,22H,11-14,16H2,1-3H3. The van der Waals surface area contributed by atoms with Gasteiger partial charge in [0.1, 0.15) is 12.4 Å². The zero-order valence-electron chi connectivity index (χ0n) is 15.0. The van der Waals surface area contributed by atoms with Crippen molar-refractivity contribution in [3.8, 4) is 5.75 Å². The normalized spacial score (nSPS) is 15.4. The molecule has 3 nitrogen and oxygen atoms in total. The molecule has 3 rings (SSSR count). The van der Waals surface area contributed by atoms with Crippen LogP contribution >= 0.6 is 0 Å². The highest BCUT2D eigenvalue weighted by Crippen LogP contribution is 2.27. The second kappa shape index (κ2) is 7.27. The van der Waals surface area contributed by atoms with Crippen LogP contribution in [0, 0.1) is 0 Å². The van der Waals surface area contributed by atoms with E-state index in [1.807, 2.05) is 6.07 Å². The molecule has 1 aliphatic rings. The van der Waals surface area contributed by atoms with Gasteiger partial charge in [-0.2, -0.15) is 0 Å². The van der Waals surface area contributed by atoms with Crippen LogP contribution in [0.25, 0.3) is 0 Å². The summed E-state index contributed by atoms with van der Waals surface area (Å²) in [5.41, 5.74) is 3.99. The van der Waals surface area contributed by atoms with Crippen LogP contribution in [-0.2, 0) is 12.0 Å². The van der Waals surface area contributed by atoms with Crippen molar-refractivity contribution in [2.75, 3.05) is 31.1 Å². The minimum absolute atomic E-state index is 0.137. The van der Waals surface area contributed by atoms with Gasteiger partial charge in [-0.05, 0) is 29.2 Å². The van der Waals surface area contributed by atoms with Crippen molar-refractivity contribution in [2.24, 2.45) is 0 Å². The predicted molar refractivity (Wildman–Crippen MR) is 101 cm³/mol. The van der Waals surface area contributed by atoms with Gasteiger partial charge in [0.25, 0.3) is 0 Å². The van der Waals surface area contributed by atoms with Crippen LogP contribution in [-0.4, -0.2) is 26.2 Å². The van der Waals surface area contributed by atoms with Crippen LogP contribution in [0.4, 0.5) is 5.69 Å². The molecule has 0 amide bonds. The topological polar surface area (TPSA) is 24.5 Å². The van der Waals surface area contributed by atoms with Crippen molar-refractivity contribution in [1.29, 1.82) is 0 Å². The van der Waals surface area contributed by atoms with Crippen molar-refractivity contribution in [2.45, 2.75) is 32.8 Å². The number of hydrogen-bond donors (Lipinski definition) is 1. The van der Waals surface area contributed by atoms with Crippen LogP contribution in [0.2, 0.25) is 0 Å². The third-order valence-corrected chi connectivity index (χ3v) is 4.54. The highest BCUT2D eigenvalue weighted by Gasteiger charge is 2.15. The van der Waals surface area contributed by atoms with E-state index in [9.17, 15) is 0 Å². The fourth-order valence-corrected chi connectivity index (χ4v) is 3.06. The lowest BCUT2D eigenvalue weighted by molar-refractivity contribution is 0.305. The Labute approximate surface area is 145 Å². The maximum absolute atomic E-state index is 6.12. The summed E-state index contributed by atoms with van der Waals surface area (Å²) >= 11 is 0. The molecule has 1 N–H and O–H groups in total. The van der Waals surface area contributed by atoms with Gasteiger partial charge in [0.15, 0.2) is 0 Å². The Bertz CT molecular complexity index is 670. The summed E-state index contributed by atoms with van der Waals surface area (Å²) in [6.45, 7) is 11.5. The van der Waals surface area contributed by atoms with Gasteiger partial charge in [0.2, 0.25) is 0 Å². The first-order valence-electron chi connectivity index (χ1n) is 8.81. The fraction of sp³-hybridized carbons (Fsp3) is 0.429. The zero-order valence-corrected chi connectivity index (χ0v) is 15.0. The van der Waals surface area contributed by atoms with Gasteiger partial charge >= 0.3 is 0 Å². The summed E-state index contributed by atoms with van der Waals surface area (Å²) < 4.78 is 6.12. The maximum Gasteiger partial charge on any atom is 0.120 e. The first kappa shape index (κ1) is 16.8. The number of ether oxygens (including phenoxy) is 1. The first-order valence-corrected chi connectivity index (χ1v) is 8.81. The summed E-state index contributed by atoms with van der Waals surface area (Å²) in [5.74, 6) is 0.942. The van der Waals surface area contributed by atoms with Crippen molar-refractivity contribution in [3.63, 3.8) is 0 Å². The van der Waals surface area contributed by atoms with Gasteiger partial charge in [-0.1, -0.05) is 51.1 Å². The third kappa shape index (κ3) is 4.09. The van der Waals surface area contributed by atoms with E-state index in [2.05, 4.69) is 73.5 Å². The van der Waals surface area contributed by atoms with E-state index >= 15 is 0 Å². The smallest absolute Gasteiger partial charge is 0.120 e. The van der Waals surface area contributed by atoms with E-state index in [4.69, 9.17) is 4.74 Å². The molecule has 0 radical (unpaired) electrons. The quantitative estimate of drug-likeness (QED) is 0.921. The predicted octanol–water partition coefficient (Wildman–Crippen LogP) is 3.97. The Kier molecular flexibility index (Phi) is 5.10. The largest absolute Gasteiger partial charge is 0.489 e. The second-order valence-corrected chi connectivity index (χ2v) is 7.43. The number of benzene rings is 2. The maximum atomic E-state index is 6.12.